The summed E-state index contributed by atoms with van der Waals surface area (Å²) < 4.78 is 1.09. The molecular formula is C11H11ClIN3. The first-order valence-electron chi connectivity index (χ1n) is 4.95. The van der Waals surface area contributed by atoms with Crippen LogP contribution >= 0.6 is 34.2 Å². The third kappa shape index (κ3) is 2.38. The molecule has 0 bridgehead atoms. The van der Waals surface area contributed by atoms with Gasteiger partial charge in [0.25, 0.3) is 0 Å². The SMILES string of the molecule is CC(C)c1nc(-c2cc(Cl)ccc2I)n[nH]1. The maximum atomic E-state index is 5.97. The van der Waals surface area contributed by atoms with Crippen LogP contribution in [-0.4, -0.2) is 15.2 Å². The van der Waals surface area contributed by atoms with Crippen LogP contribution in [-0.2, 0) is 0 Å². The number of rotatable bonds is 2. The van der Waals surface area contributed by atoms with Gasteiger partial charge in [0.15, 0.2) is 5.82 Å². The summed E-state index contributed by atoms with van der Waals surface area (Å²) in [7, 11) is 0. The van der Waals surface area contributed by atoms with Crippen molar-refractivity contribution in [3.8, 4) is 11.4 Å². The van der Waals surface area contributed by atoms with Gasteiger partial charge in [-0.15, -0.1) is 0 Å². The molecule has 16 heavy (non-hydrogen) atoms. The van der Waals surface area contributed by atoms with E-state index in [1.807, 2.05) is 18.2 Å². The van der Waals surface area contributed by atoms with Gasteiger partial charge in [0, 0.05) is 20.1 Å². The second kappa shape index (κ2) is 4.71. The van der Waals surface area contributed by atoms with Gasteiger partial charge in [-0.05, 0) is 40.8 Å². The van der Waals surface area contributed by atoms with Gasteiger partial charge >= 0.3 is 0 Å². The van der Waals surface area contributed by atoms with Crippen molar-refractivity contribution in [3.05, 3.63) is 32.6 Å². The van der Waals surface area contributed by atoms with Crippen molar-refractivity contribution in [1.29, 1.82) is 0 Å². The van der Waals surface area contributed by atoms with Crippen molar-refractivity contribution >= 4 is 34.2 Å². The first kappa shape index (κ1) is 11.9. The van der Waals surface area contributed by atoms with Crippen molar-refractivity contribution in [2.24, 2.45) is 0 Å². The molecular weight excluding hydrogens is 336 g/mol. The highest BCUT2D eigenvalue weighted by Gasteiger charge is 2.11. The average Bonchev–Trinajstić information content (AvgIpc) is 2.70. The van der Waals surface area contributed by atoms with Gasteiger partial charge < -0.3 is 0 Å². The number of nitrogens with zero attached hydrogens (tertiary/aromatic N) is 2. The van der Waals surface area contributed by atoms with Crippen LogP contribution in [0, 0.1) is 3.57 Å². The zero-order chi connectivity index (χ0) is 11.7. The molecule has 0 atom stereocenters. The molecule has 84 valence electrons. The lowest BCUT2D eigenvalue weighted by molar-refractivity contribution is 0.781. The quantitative estimate of drug-likeness (QED) is 0.838. The van der Waals surface area contributed by atoms with E-state index in [1.54, 1.807) is 0 Å². The first-order chi connectivity index (χ1) is 7.58. The summed E-state index contributed by atoms with van der Waals surface area (Å²) in [5, 5.41) is 7.85. The molecule has 2 rings (SSSR count). The maximum Gasteiger partial charge on any atom is 0.182 e. The topological polar surface area (TPSA) is 41.6 Å². The second-order valence-electron chi connectivity index (χ2n) is 3.82. The summed E-state index contributed by atoms with van der Waals surface area (Å²) in [4.78, 5) is 4.45. The molecule has 0 saturated heterocycles. The average molecular weight is 348 g/mol. The lowest BCUT2D eigenvalue weighted by Crippen LogP contribution is -1.90. The smallest absolute Gasteiger partial charge is 0.182 e. The lowest BCUT2D eigenvalue weighted by Gasteiger charge is -2.00. The predicted molar refractivity (Wildman–Crippen MR) is 73.6 cm³/mol. The lowest BCUT2D eigenvalue weighted by atomic mass is 10.2. The molecule has 1 N–H and O–H groups in total. The highest BCUT2D eigenvalue weighted by atomic mass is 127. The van der Waals surface area contributed by atoms with E-state index in [1.165, 1.54) is 0 Å². The van der Waals surface area contributed by atoms with E-state index in [-0.39, 0.29) is 0 Å². The minimum atomic E-state index is 0.345. The highest BCUT2D eigenvalue weighted by Crippen LogP contribution is 2.26. The number of hydrogen-bond acceptors (Lipinski definition) is 2. The Labute approximate surface area is 113 Å². The van der Waals surface area contributed by atoms with E-state index in [4.69, 9.17) is 11.6 Å². The fourth-order valence-electron chi connectivity index (χ4n) is 1.32. The molecule has 0 aliphatic heterocycles. The van der Waals surface area contributed by atoms with E-state index in [0.717, 1.165) is 15.0 Å². The third-order valence-electron chi connectivity index (χ3n) is 2.22. The molecule has 0 spiro atoms. The molecule has 1 heterocycles. The summed E-state index contributed by atoms with van der Waals surface area (Å²) in [6.07, 6.45) is 0. The standard InChI is InChI=1S/C11H11ClIN3/c1-6(2)10-14-11(16-15-10)8-5-7(12)3-4-9(8)13/h3-6H,1-2H3,(H,14,15,16). The number of H-pyrrole nitrogens is 1. The Morgan fingerprint density at radius 2 is 2.12 bits per heavy atom. The monoisotopic (exact) mass is 347 g/mol. The van der Waals surface area contributed by atoms with Gasteiger partial charge in [0.05, 0.1) is 0 Å². The van der Waals surface area contributed by atoms with Crippen LogP contribution in [0.1, 0.15) is 25.6 Å². The molecule has 1 aromatic carbocycles. The van der Waals surface area contributed by atoms with Gasteiger partial charge in [-0.3, -0.25) is 5.10 Å². The summed E-state index contributed by atoms with van der Waals surface area (Å²) in [6.45, 7) is 4.15. The minimum absolute atomic E-state index is 0.345. The Morgan fingerprint density at radius 1 is 1.38 bits per heavy atom. The molecule has 0 amide bonds. The first-order valence-corrected chi connectivity index (χ1v) is 6.41. The number of halogens is 2. The predicted octanol–water partition coefficient (Wildman–Crippen LogP) is 3.85. The summed E-state index contributed by atoms with van der Waals surface area (Å²) in [6, 6.07) is 5.71. The molecule has 0 unspecified atom stereocenters. The van der Waals surface area contributed by atoms with Gasteiger partial charge in [0.2, 0.25) is 0 Å². The molecule has 5 heteroatoms. The van der Waals surface area contributed by atoms with E-state index >= 15 is 0 Å². The Morgan fingerprint density at radius 3 is 2.75 bits per heavy atom. The van der Waals surface area contributed by atoms with Crippen molar-refractivity contribution in [2.75, 3.05) is 0 Å². The normalized spacial score (nSPS) is 11.1. The van der Waals surface area contributed by atoms with Crippen molar-refractivity contribution < 1.29 is 0 Å². The molecule has 3 nitrogen and oxygen atoms in total. The Kier molecular flexibility index (Phi) is 3.49. The van der Waals surface area contributed by atoms with Gasteiger partial charge in [-0.1, -0.05) is 25.4 Å². The molecule has 2 aromatic rings. The third-order valence-corrected chi connectivity index (χ3v) is 3.39. The summed E-state index contributed by atoms with van der Waals surface area (Å²) in [5.41, 5.74) is 0.969. The van der Waals surface area contributed by atoms with Crippen LogP contribution in [0.2, 0.25) is 5.02 Å². The number of aromatic nitrogens is 3. The second-order valence-corrected chi connectivity index (χ2v) is 5.42. The highest BCUT2D eigenvalue weighted by molar-refractivity contribution is 14.1. The molecule has 0 saturated carbocycles. The van der Waals surface area contributed by atoms with Crippen LogP contribution in [0.5, 0.6) is 0 Å². The Balaban J connectivity index is 2.46. The van der Waals surface area contributed by atoms with Crippen molar-refractivity contribution in [3.63, 3.8) is 0 Å². The summed E-state index contributed by atoms with van der Waals surface area (Å²) >= 11 is 8.22. The number of hydrogen-bond donors (Lipinski definition) is 1. The van der Waals surface area contributed by atoms with Crippen LogP contribution in [0.25, 0.3) is 11.4 Å². The fourth-order valence-corrected chi connectivity index (χ4v) is 2.07. The van der Waals surface area contributed by atoms with Gasteiger partial charge in [-0.2, -0.15) is 5.10 Å². The van der Waals surface area contributed by atoms with Gasteiger partial charge in [-0.25, -0.2) is 4.98 Å². The molecule has 1 aromatic heterocycles. The van der Waals surface area contributed by atoms with E-state index in [2.05, 4.69) is 51.6 Å². The number of aromatic amines is 1. The number of nitrogens with one attached hydrogen (secondary N) is 1. The number of benzene rings is 1. The zero-order valence-electron chi connectivity index (χ0n) is 8.96. The molecule has 0 aliphatic carbocycles. The zero-order valence-corrected chi connectivity index (χ0v) is 11.9. The van der Waals surface area contributed by atoms with Crippen molar-refractivity contribution in [1.82, 2.24) is 15.2 Å². The Bertz CT molecular complexity index is 508. The van der Waals surface area contributed by atoms with E-state index in [9.17, 15) is 0 Å². The maximum absolute atomic E-state index is 5.97. The van der Waals surface area contributed by atoms with Gasteiger partial charge in [0.1, 0.15) is 5.82 Å². The largest absolute Gasteiger partial charge is 0.262 e. The van der Waals surface area contributed by atoms with E-state index < -0.39 is 0 Å². The summed E-state index contributed by atoms with van der Waals surface area (Å²) in [5.74, 6) is 1.94. The van der Waals surface area contributed by atoms with Crippen LogP contribution in [0.4, 0.5) is 0 Å². The minimum Gasteiger partial charge on any atom is -0.262 e. The Hall–Kier alpha value is -0.620. The molecule has 0 radical (unpaired) electrons. The molecule has 0 aliphatic rings. The van der Waals surface area contributed by atoms with Crippen LogP contribution in [0.3, 0.4) is 0 Å². The van der Waals surface area contributed by atoms with Crippen LogP contribution < -0.4 is 0 Å². The van der Waals surface area contributed by atoms with Crippen molar-refractivity contribution in [2.45, 2.75) is 19.8 Å². The molecule has 0 fully saturated rings. The van der Waals surface area contributed by atoms with Crippen LogP contribution in [0.15, 0.2) is 18.2 Å². The fraction of sp³-hybridized carbons (Fsp3) is 0.273. The van der Waals surface area contributed by atoms with E-state index in [0.29, 0.717) is 16.8 Å².